The summed E-state index contributed by atoms with van der Waals surface area (Å²) in [5.41, 5.74) is 0.524. The highest BCUT2D eigenvalue weighted by Gasteiger charge is 2.28. The first-order chi connectivity index (χ1) is 11.8. The molecule has 0 radical (unpaired) electrons. The Morgan fingerprint density at radius 3 is 2.32 bits per heavy atom. The lowest BCUT2D eigenvalue weighted by Gasteiger charge is -2.28. The van der Waals surface area contributed by atoms with Crippen molar-refractivity contribution in [3.8, 4) is 0 Å². The van der Waals surface area contributed by atoms with Crippen LogP contribution in [0.2, 0.25) is 0 Å². The van der Waals surface area contributed by atoms with Crippen molar-refractivity contribution in [1.82, 2.24) is 5.32 Å². The van der Waals surface area contributed by atoms with Crippen molar-refractivity contribution in [2.75, 3.05) is 6.54 Å². The number of carbonyl (C=O) groups excluding carboxylic acids is 2. The zero-order valence-electron chi connectivity index (χ0n) is 15.4. The van der Waals surface area contributed by atoms with Gasteiger partial charge in [-0.05, 0) is 57.9 Å². The standard InChI is InChI=1S/C20H29NO4/c1-20(2,3)25-19(23)21-13-15-9-11-17(12-10-15)18(22)24-14-16-7-5-4-6-8-16/h4-8,15,17H,9-14H2,1-3H3,(H,21,23). The van der Waals surface area contributed by atoms with Gasteiger partial charge in [-0.25, -0.2) is 4.79 Å². The normalized spacial score (nSPS) is 20.6. The summed E-state index contributed by atoms with van der Waals surface area (Å²) in [6.07, 6.45) is 3.08. The van der Waals surface area contributed by atoms with E-state index in [9.17, 15) is 9.59 Å². The first kappa shape index (κ1) is 19.3. The summed E-state index contributed by atoms with van der Waals surface area (Å²) in [5.74, 6) is 0.259. The minimum Gasteiger partial charge on any atom is -0.461 e. The molecule has 0 aromatic heterocycles. The van der Waals surface area contributed by atoms with E-state index in [-0.39, 0.29) is 18.0 Å². The summed E-state index contributed by atoms with van der Waals surface area (Å²) in [6.45, 7) is 6.47. The topological polar surface area (TPSA) is 64.6 Å². The van der Waals surface area contributed by atoms with Gasteiger partial charge in [0.25, 0.3) is 0 Å². The molecule has 1 saturated carbocycles. The van der Waals surface area contributed by atoms with Crippen LogP contribution in [-0.2, 0) is 20.9 Å². The SMILES string of the molecule is CC(C)(C)OC(=O)NCC1CCC(C(=O)OCc2ccccc2)CC1. The van der Waals surface area contributed by atoms with Crippen LogP contribution in [0.1, 0.15) is 52.0 Å². The predicted molar refractivity (Wildman–Crippen MR) is 95.9 cm³/mol. The Hall–Kier alpha value is -2.04. The van der Waals surface area contributed by atoms with Crippen molar-refractivity contribution in [3.05, 3.63) is 35.9 Å². The minimum absolute atomic E-state index is 0.0264. The van der Waals surface area contributed by atoms with Gasteiger partial charge < -0.3 is 14.8 Å². The third-order valence-electron chi connectivity index (χ3n) is 4.34. The lowest BCUT2D eigenvalue weighted by Crippen LogP contribution is -2.36. The first-order valence-corrected chi connectivity index (χ1v) is 9.01. The highest BCUT2D eigenvalue weighted by atomic mass is 16.6. The largest absolute Gasteiger partial charge is 0.461 e. The third kappa shape index (κ3) is 7.16. The van der Waals surface area contributed by atoms with Gasteiger partial charge in [0, 0.05) is 6.54 Å². The molecule has 0 saturated heterocycles. The monoisotopic (exact) mass is 347 g/mol. The van der Waals surface area contributed by atoms with E-state index in [1.54, 1.807) is 0 Å². The average molecular weight is 347 g/mol. The van der Waals surface area contributed by atoms with Gasteiger partial charge >= 0.3 is 12.1 Å². The number of benzene rings is 1. The zero-order chi connectivity index (χ0) is 18.3. The summed E-state index contributed by atoms with van der Waals surface area (Å²) >= 11 is 0. The molecule has 0 spiro atoms. The molecule has 0 bridgehead atoms. The Morgan fingerprint density at radius 2 is 1.72 bits per heavy atom. The number of hydrogen-bond acceptors (Lipinski definition) is 4. The molecule has 0 heterocycles. The van der Waals surface area contributed by atoms with E-state index < -0.39 is 5.60 Å². The highest BCUT2D eigenvalue weighted by Crippen LogP contribution is 2.29. The minimum atomic E-state index is -0.482. The Balaban J connectivity index is 1.65. The van der Waals surface area contributed by atoms with E-state index >= 15 is 0 Å². The lowest BCUT2D eigenvalue weighted by molar-refractivity contribution is -0.151. The van der Waals surface area contributed by atoms with E-state index in [4.69, 9.17) is 9.47 Å². The Bertz CT molecular complexity index is 557. The van der Waals surface area contributed by atoms with Gasteiger partial charge in [0.05, 0.1) is 5.92 Å². The lowest BCUT2D eigenvalue weighted by atomic mass is 9.82. The quantitative estimate of drug-likeness (QED) is 0.816. The van der Waals surface area contributed by atoms with Gasteiger partial charge in [0.1, 0.15) is 12.2 Å². The van der Waals surface area contributed by atoms with Crippen molar-refractivity contribution in [1.29, 1.82) is 0 Å². The van der Waals surface area contributed by atoms with Gasteiger partial charge in [0.2, 0.25) is 0 Å². The van der Waals surface area contributed by atoms with Crippen LogP contribution in [0.4, 0.5) is 4.79 Å². The average Bonchev–Trinajstić information content (AvgIpc) is 2.58. The molecule has 1 aromatic carbocycles. The number of alkyl carbamates (subject to hydrolysis) is 1. The maximum atomic E-state index is 12.2. The predicted octanol–water partition coefficient (Wildman–Crippen LogP) is 4.06. The zero-order valence-corrected chi connectivity index (χ0v) is 15.4. The molecular weight excluding hydrogens is 318 g/mol. The number of carbonyl (C=O) groups is 2. The van der Waals surface area contributed by atoms with Crippen molar-refractivity contribution in [3.63, 3.8) is 0 Å². The second-order valence-electron chi connectivity index (χ2n) is 7.69. The van der Waals surface area contributed by atoms with Crippen molar-refractivity contribution >= 4 is 12.1 Å². The second kappa shape index (κ2) is 8.88. The van der Waals surface area contributed by atoms with Gasteiger partial charge in [0.15, 0.2) is 0 Å². The fourth-order valence-electron chi connectivity index (χ4n) is 2.99. The summed E-state index contributed by atoms with van der Waals surface area (Å²) < 4.78 is 10.7. The molecule has 2 rings (SSSR count). The maximum absolute atomic E-state index is 12.2. The van der Waals surface area contributed by atoms with Crippen LogP contribution in [0.25, 0.3) is 0 Å². The summed E-state index contributed by atoms with van der Waals surface area (Å²) in [6, 6.07) is 9.72. The van der Waals surface area contributed by atoms with Crippen molar-refractivity contribution < 1.29 is 19.1 Å². The summed E-state index contributed by atoms with van der Waals surface area (Å²) in [4.78, 5) is 23.9. The Labute approximate surface area is 150 Å². The molecular formula is C20H29NO4. The number of nitrogens with one attached hydrogen (secondary N) is 1. The molecule has 1 aliphatic carbocycles. The van der Waals surface area contributed by atoms with Gasteiger partial charge in [-0.1, -0.05) is 30.3 Å². The molecule has 0 atom stereocenters. The molecule has 1 aliphatic rings. The van der Waals surface area contributed by atoms with E-state index in [1.165, 1.54) is 0 Å². The second-order valence-corrected chi connectivity index (χ2v) is 7.69. The summed E-state index contributed by atoms with van der Waals surface area (Å²) in [7, 11) is 0. The Kier molecular flexibility index (Phi) is 6.85. The molecule has 1 fully saturated rings. The van der Waals surface area contributed by atoms with Crippen LogP contribution in [0.5, 0.6) is 0 Å². The molecule has 1 aromatic rings. The number of ether oxygens (including phenoxy) is 2. The molecule has 5 heteroatoms. The molecule has 138 valence electrons. The van der Waals surface area contributed by atoms with Gasteiger partial charge in [-0.15, -0.1) is 0 Å². The van der Waals surface area contributed by atoms with Crippen molar-refractivity contribution in [2.45, 2.75) is 58.7 Å². The molecule has 0 aliphatic heterocycles. The summed E-state index contributed by atoms with van der Waals surface area (Å²) in [5, 5.41) is 2.82. The van der Waals surface area contributed by atoms with Crippen LogP contribution in [0, 0.1) is 11.8 Å². The van der Waals surface area contributed by atoms with Gasteiger partial charge in [-0.3, -0.25) is 4.79 Å². The number of hydrogen-bond donors (Lipinski definition) is 1. The molecule has 1 amide bonds. The fraction of sp³-hybridized carbons (Fsp3) is 0.600. The Morgan fingerprint density at radius 1 is 1.08 bits per heavy atom. The third-order valence-corrected chi connectivity index (χ3v) is 4.34. The smallest absolute Gasteiger partial charge is 0.407 e. The van der Waals surface area contributed by atoms with Crippen LogP contribution < -0.4 is 5.32 Å². The molecule has 1 N–H and O–H groups in total. The van der Waals surface area contributed by atoms with Crippen LogP contribution in [-0.4, -0.2) is 24.2 Å². The van der Waals surface area contributed by atoms with Crippen LogP contribution in [0.3, 0.4) is 0 Å². The number of amides is 1. The van der Waals surface area contributed by atoms with Crippen LogP contribution in [0.15, 0.2) is 30.3 Å². The van der Waals surface area contributed by atoms with Gasteiger partial charge in [-0.2, -0.15) is 0 Å². The molecule has 25 heavy (non-hydrogen) atoms. The number of rotatable bonds is 5. The van der Waals surface area contributed by atoms with Crippen molar-refractivity contribution in [2.24, 2.45) is 11.8 Å². The molecule has 5 nitrogen and oxygen atoms in total. The van der Waals surface area contributed by atoms with E-state index in [1.807, 2.05) is 51.1 Å². The van der Waals surface area contributed by atoms with E-state index in [0.29, 0.717) is 19.1 Å². The number of esters is 1. The fourth-order valence-corrected chi connectivity index (χ4v) is 2.99. The maximum Gasteiger partial charge on any atom is 0.407 e. The van der Waals surface area contributed by atoms with E-state index in [0.717, 1.165) is 31.2 Å². The first-order valence-electron chi connectivity index (χ1n) is 9.01. The van der Waals surface area contributed by atoms with E-state index in [2.05, 4.69) is 5.32 Å². The van der Waals surface area contributed by atoms with Crippen LogP contribution >= 0.6 is 0 Å². The molecule has 0 unspecified atom stereocenters. The highest BCUT2D eigenvalue weighted by molar-refractivity contribution is 5.72.